The van der Waals surface area contributed by atoms with Gasteiger partial charge < -0.3 is 10.3 Å². The normalized spacial score (nSPS) is 11.2. The summed E-state index contributed by atoms with van der Waals surface area (Å²) in [4.78, 5) is 4.29. The molecule has 2 aromatic heterocycles. The molecule has 0 amide bonds. The number of nitrogens with zero attached hydrogens (tertiary/aromatic N) is 4. The van der Waals surface area contributed by atoms with E-state index in [0.29, 0.717) is 17.5 Å². The van der Waals surface area contributed by atoms with Gasteiger partial charge in [-0.05, 0) is 18.2 Å². The van der Waals surface area contributed by atoms with E-state index >= 15 is 0 Å². The second-order valence-electron chi connectivity index (χ2n) is 4.00. The second kappa shape index (κ2) is 4.34. The first-order valence-corrected chi connectivity index (χ1v) is 6.01. The Labute approximate surface area is 109 Å². The maximum Gasteiger partial charge on any atom is 0.201 e. The minimum atomic E-state index is 0.477. The van der Waals surface area contributed by atoms with Gasteiger partial charge in [0.15, 0.2) is 0 Å². The Kier molecular flexibility index (Phi) is 2.68. The molecule has 0 bridgehead atoms. The Balaban J connectivity index is 1.96. The fraction of sp³-hybridized carbons (Fsp3) is 0.167. The Morgan fingerprint density at radius 2 is 2.11 bits per heavy atom. The van der Waals surface area contributed by atoms with Crippen LogP contribution in [0.15, 0.2) is 36.7 Å². The van der Waals surface area contributed by atoms with Crippen molar-refractivity contribution in [3.63, 3.8) is 0 Å². The lowest BCUT2D eigenvalue weighted by atomic mass is 10.3. The van der Waals surface area contributed by atoms with Gasteiger partial charge in [-0.2, -0.15) is 5.10 Å². The summed E-state index contributed by atoms with van der Waals surface area (Å²) in [6.07, 6.45) is 3.68. The largest absolute Gasteiger partial charge is 0.369 e. The van der Waals surface area contributed by atoms with Crippen LogP contribution >= 0.6 is 11.6 Å². The van der Waals surface area contributed by atoms with Gasteiger partial charge in [0.1, 0.15) is 5.52 Å². The van der Waals surface area contributed by atoms with E-state index in [1.807, 2.05) is 39.7 Å². The maximum absolute atomic E-state index is 6.09. The van der Waals surface area contributed by atoms with Crippen LogP contribution in [0.5, 0.6) is 0 Å². The number of hydrogen-bond acceptors (Lipinski definition) is 3. The number of hydrogen-bond donors (Lipinski definition) is 1. The molecule has 92 valence electrons. The highest BCUT2D eigenvalue weighted by Crippen LogP contribution is 2.24. The van der Waals surface area contributed by atoms with Gasteiger partial charge in [-0.25, -0.2) is 4.98 Å². The van der Waals surface area contributed by atoms with E-state index in [1.54, 1.807) is 6.20 Å². The minimum Gasteiger partial charge on any atom is -0.369 e. The average molecular weight is 262 g/mol. The number of fused-ring (bicyclic) bond motifs is 1. The topological polar surface area (TPSA) is 61.7 Å². The van der Waals surface area contributed by atoms with Gasteiger partial charge in [0.25, 0.3) is 0 Å². The zero-order valence-corrected chi connectivity index (χ0v) is 10.4. The molecule has 0 atom stereocenters. The molecule has 3 aromatic rings. The van der Waals surface area contributed by atoms with Gasteiger partial charge in [-0.3, -0.25) is 4.68 Å². The summed E-state index contributed by atoms with van der Waals surface area (Å²) in [5, 5.41) is 4.78. The number of para-hydroxylation sites is 1. The Morgan fingerprint density at radius 1 is 1.22 bits per heavy atom. The van der Waals surface area contributed by atoms with Gasteiger partial charge in [-0.1, -0.05) is 17.7 Å². The molecule has 3 rings (SSSR count). The third-order valence-electron chi connectivity index (χ3n) is 2.87. The summed E-state index contributed by atoms with van der Waals surface area (Å²) in [6, 6.07) is 7.57. The fourth-order valence-electron chi connectivity index (χ4n) is 2.00. The molecule has 1 aromatic carbocycles. The van der Waals surface area contributed by atoms with Crippen LogP contribution in [-0.2, 0) is 13.1 Å². The molecule has 2 heterocycles. The SMILES string of the molecule is Nc1nc2c(Cl)cccc2n1CCn1cccn1. The van der Waals surface area contributed by atoms with Crippen LogP contribution in [0.4, 0.5) is 5.95 Å². The van der Waals surface area contributed by atoms with Crippen LogP contribution in [0.2, 0.25) is 5.02 Å². The zero-order valence-electron chi connectivity index (χ0n) is 9.62. The second-order valence-corrected chi connectivity index (χ2v) is 4.41. The van der Waals surface area contributed by atoms with Crippen LogP contribution in [-0.4, -0.2) is 19.3 Å². The monoisotopic (exact) mass is 261 g/mol. The summed E-state index contributed by atoms with van der Waals surface area (Å²) in [5.41, 5.74) is 7.62. The number of aryl methyl sites for hydroxylation is 2. The quantitative estimate of drug-likeness (QED) is 0.786. The number of aromatic nitrogens is 4. The molecule has 0 aliphatic heterocycles. The zero-order chi connectivity index (χ0) is 12.5. The number of halogens is 1. The third-order valence-corrected chi connectivity index (χ3v) is 3.18. The highest BCUT2D eigenvalue weighted by atomic mass is 35.5. The van der Waals surface area contributed by atoms with Crippen molar-refractivity contribution in [2.75, 3.05) is 5.73 Å². The molecule has 2 N–H and O–H groups in total. The van der Waals surface area contributed by atoms with E-state index < -0.39 is 0 Å². The van der Waals surface area contributed by atoms with Crippen LogP contribution in [0.1, 0.15) is 0 Å². The smallest absolute Gasteiger partial charge is 0.201 e. The molecule has 0 saturated heterocycles. The van der Waals surface area contributed by atoms with Crippen molar-refractivity contribution in [1.29, 1.82) is 0 Å². The number of rotatable bonds is 3. The molecule has 0 aliphatic rings. The number of anilines is 1. The lowest BCUT2D eigenvalue weighted by Crippen LogP contribution is -2.10. The number of nitrogen functional groups attached to an aromatic ring is 1. The molecule has 0 fully saturated rings. The molecule has 5 nitrogen and oxygen atoms in total. The molecular formula is C12H12ClN5. The average Bonchev–Trinajstić information content (AvgIpc) is 2.95. The van der Waals surface area contributed by atoms with Gasteiger partial charge in [0.05, 0.1) is 17.1 Å². The molecule has 0 unspecified atom stereocenters. The van der Waals surface area contributed by atoms with Crippen molar-refractivity contribution in [2.45, 2.75) is 13.1 Å². The molecule has 0 aliphatic carbocycles. The summed E-state index contributed by atoms with van der Waals surface area (Å²) >= 11 is 6.09. The van der Waals surface area contributed by atoms with E-state index in [1.165, 1.54) is 0 Å². The van der Waals surface area contributed by atoms with E-state index in [9.17, 15) is 0 Å². The minimum absolute atomic E-state index is 0.477. The Hall–Kier alpha value is -2.01. The predicted molar refractivity (Wildman–Crippen MR) is 71.4 cm³/mol. The van der Waals surface area contributed by atoms with E-state index in [4.69, 9.17) is 17.3 Å². The molecule has 0 spiro atoms. The lowest BCUT2D eigenvalue weighted by molar-refractivity contribution is 0.545. The standard InChI is InChI=1S/C12H12ClN5/c13-9-3-1-4-10-11(9)16-12(14)18(10)8-7-17-6-2-5-15-17/h1-6H,7-8H2,(H2,14,16). The van der Waals surface area contributed by atoms with Gasteiger partial charge in [-0.15, -0.1) is 0 Å². The van der Waals surface area contributed by atoms with E-state index in [2.05, 4.69) is 10.1 Å². The van der Waals surface area contributed by atoms with Crippen molar-refractivity contribution in [3.8, 4) is 0 Å². The molecular weight excluding hydrogens is 250 g/mol. The highest BCUT2D eigenvalue weighted by molar-refractivity contribution is 6.35. The van der Waals surface area contributed by atoms with Crippen LogP contribution in [0, 0.1) is 0 Å². The van der Waals surface area contributed by atoms with Crippen molar-refractivity contribution < 1.29 is 0 Å². The van der Waals surface area contributed by atoms with Crippen LogP contribution in [0.25, 0.3) is 11.0 Å². The first-order chi connectivity index (χ1) is 8.75. The van der Waals surface area contributed by atoms with Crippen molar-refractivity contribution in [1.82, 2.24) is 19.3 Å². The van der Waals surface area contributed by atoms with Gasteiger partial charge in [0.2, 0.25) is 5.95 Å². The lowest BCUT2D eigenvalue weighted by Gasteiger charge is -2.06. The summed E-state index contributed by atoms with van der Waals surface area (Å²) in [5.74, 6) is 0.477. The maximum atomic E-state index is 6.09. The van der Waals surface area contributed by atoms with Crippen molar-refractivity contribution >= 4 is 28.6 Å². The molecule has 0 saturated carbocycles. The third kappa shape index (κ3) is 1.82. The van der Waals surface area contributed by atoms with E-state index in [0.717, 1.165) is 17.6 Å². The number of imidazole rings is 1. The first kappa shape index (κ1) is 11.1. The number of benzene rings is 1. The molecule has 0 radical (unpaired) electrons. The fourth-order valence-corrected chi connectivity index (χ4v) is 2.21. The Bertz CT molecular complexity index is 671. The van der Waals surface area contributed by atoms with Crippen molar-refractivity contribution in [3.05, 3.63) is 41.7 Å². The van der Waals surface area contributed by atoms with Crippen LogP contribution < -0.4 is 5.73 Å². The van der Waals surface area contributed by atoms with Crippen molar-refractivity contribution in [2.24, 2.45) is 0 Å². The summed E-state index contributed by atoms with van der Waals surface area (Å²) < 4.78 is 3.80. The molecule has 6 heteroatoms. The van der Waals surface area contributed by atoms with Gasteiger partial charge in [0, 0.05) is 18.9 Å². The van der Waals surface area contributed by atoms with Gasteiger partial charge >= 0.3 is 0 Å². The summed E-state index contributed by atoms with van der Waals surface area (Å²) in [6.45, 7) is 1.46. The Morgan fingerprint density at radius 3 is 2.89 bits per heavy atom. The highest BCUT2D eigenvalue weighted by Gasteiger charge is 2.10. The first-order valence-electron chi connectivity index (χ1n) is 5.63. The van der Waals surface area contributed by atoms with Crippen LogP contribution in [0.3, 0.4) is 0 Å². The number of nitrogens with two attached hydrogens (primary N) is 1. The predicted octanol–water partition coefficient (Wildman–Crippen LogP) is 2.17. The van der Waals surface area contributed by atoms with E-state index in [-0.39, 0.29) is 0 Å². The molecule has 18 heavy (non-hydrogen) atoms. The summed E-state index contributed by atoms with van der Waals surface area (Å²) in [7, 11) is 0.